The second-order valence-electron chi connectivity index (χ2n) is 2.10. The molecule has 1 aromatic rings. The predicted octanol–water partition coefficient (Wildman–Crippen LogP) is 1.32. The molecule has 2 N–H and O–H groups in total. The molecule has 0 fully saturated rings. The van der Waals surface area contributed by atoms with Crippen molar-refractivity contribution in [2.24, 2.45) is 10.3 Å². The minimum Gasteiger partial charge on any atom is -0.411 e. The van der Waals surface area contributed by atoms with Gasteiger partial charge in [0, 0.05) is 5.56 Å². The molecule has 0 amide bonds. The Labute approximate surface area is 69.4 Å². The SMILES string of the molecule is O/N=C\C(=N\O)c1ccccc1. The Bertz CT molecular complexity index is 293. The van der Waals surface area contributed by atoms with Crippen molar-refractivity contribution in [3.63, 3.8) is 0 Å². The largest absolute Gasteiger partial charge is 0.411 e. The van der Waals surface area contributed by atoms with Crippen LogP contribution in [0.1, 0.15) is 5.56 Å². The van der Waals surface area contributed by atoms with Crippen molar-refractivity contribution in [2.45, 2.75) is 0 Å². The average molecular weight is 164 g/mol. The molecule has 0 bridgehead atoms. The molecular formula is C8H8N2O2. The third kappa shape index (κ3) is 1.82. The van der Waals surface area contributed by atoms with E-state index >= 15 is 0 Å². The summed E-state index contributed by atoms with van der Waals surface area (Å²) in [6, 6.07) is 8.93. The first-order chi connectivity index (χ1) is 5.88. The number of benzene rings is 1. The number of hydrogen-bond acceptors (Lipinski definition) is 4. The van der Waals surface area contributed by atoms with Gasteiger partial charge in [-0.2, -0.15) is 0 Å². The third-order valence-corrected chi connectivity index (χ3v) is 1.36. The minimum atomic E-state index is 0.220. The summed E-state index contributed by atoms with van der Waals surface area (Å²) in [6.07, 6.45) is 1.06. The number of hydrogen-bond donors (Lipinski definition) is 2. The summed E-state index contributed by atoms with van der Waals surface area (Å²) < 4.78 is 0. The van der Waals surface area contributed by atoms with Crippen LogP contribution in [0.3, 0.4) is 0 Å². The van der Waals surface area contributed by atoms with Gasteiger partial charge in [0.1, 0.15) is 5.71 Å². The van der Waals surface area contributed by atoms with E-state index in [0.717, 1.165) is 6.21 Å². The van der Waals surface area contributed by atoms with Crippen molar-refractivity contribution in [3.05, 3.63) is 35.9 Å². The maximum Gasteiger partial charge on any atom is 0.131 e. The van der Waals surface area contributed by atoms with Crippen LogP contribution >= 0.6 is 0 Å². The van der Waals surface area contributed by atoms with E-state index in [0.29, 0.717) is 5.56 Å². The van der Waals surface area contributed by atoms with E-state index in [9.17, 15) is 0 Å². The fourth-order valence-corrected chi connectivity index (χ4v) is 0.822. The van der Waals surface area contributed by atoms with E-state index in [1.807, 2.05) is 6.07 Å². The van der Waals surface area contributed by atoms with Crippen LogP contribution < -0.4 is 0 Å². The molecular weight excluding hydrogens is 156 g/mol. The van der Waals surface area contributed by atoms with Gasteiger partial charge in [0.25, 0.3) is 0 Å². The summed E-state index contributed by atoms with van der Waals surface area (Å²) in [5.41, 5.74) is 0.913. The van der Waals surface area contributed by atoms with E-state index in [1.165, 1.54) is 0 Å². The van der Waals surface area contributed by atoms with Crippen LogP contribution in [-0.2, 0) is 0 Å². The first-order valence-electron chi connectivity index (χ1n) is 3.33. The van der Waals surface area contributed by atoms with Crippen LogP contribution in [-0.4, -0.2) is 22.3 Å². The molecule has 0 atom stereocenters. The summed E-state index contributed by atoms with van der Waals surface area (Å²) in [5, 5.41) is 22.4. The zero-order valence-corrected chi connectivity index (χ0v) is 6.25. The third-order valence-electron chi connectivity index (χ3n) is 1.36. The van der Waals surface area contributed by atoms with Crippen molar-refractivity contribution in [3.8, 4) is 0 Å². The van der Waals surface area contributed by atoms with E-state index in [1.54, 1.807) is 24.3 Å². The molecule has 0 aliphatic heterocycles. The van der Waals surface area contributed by atoms with Gasteiger partial charge in [0.2, 0.25) is 0 Å². The molecule has 0 aromatic heterocycles. The average Bonchev–Trinajstić information content (AvgIpc) is 2.15. The van der Waals surface area contributed by atoms with Crippen molar-refractivity contribution < 1.29 is 10.4 Å². The smallest absolute Gasteiger partial charge is 0.131 e. The van der Waals surface area contributed by atoms with Crippen molar-refractivity contribution >= 4 is 11.9 Å². The Kier molecular flexibility index (Phi) is 2.84. The summed E-state index contributed by atoms with van der Waals surface area (Å²) in [5.74, 6) is 0. The van der Waals surface area contributed by atoms with E-state index in [-0.39, 0.29) is 5.71 Å². The topological polar surface area (TPSA) is 65.2 Å². The zero-order valence-electron chi connectivity index (χ0n) is 6.25. The van der Waals surface area contributed by atoms with E-state index in [4.69, 9.17) is 10.4 Å². The molecule has 0 saturated carbocycles. The molecule has 62 valence electrons. The first kappa shape index (κ1) is 8.26. The maximum atomic E-state index is 8.50. The van der Waals surface area contributed by atoms with Crippen LogP contribution in [0.25, 0.3) is 0 Å². The Balaban J connectivity index is 2.97. The van der Waals surface area contributed by atoms with Gasteiger partial charge in [-0.3, -0.25) is 0 Å². The summed E-state index contributed by atoms with van der Waals surface area (Å²) in [7, 11) is 0. The molecule has 4 nitrogen and oxygen atoms in total. The molecule has 0 radical (unpaired) electrons. The highest BCUT2D eigenvalue weighted by Gasteiger charge is 1.98. The normalized spacial score (nSPS) is 12.2. The lowest BCUT2D eigenvalue weighted by Crippen LogP contribution is -2.01. The summed E-state index contributed by atoms with van der Waals surface area (Å²) in [6.45, 7) is 0. The maximum absolute atomic E-state index is 8.50. The molecule has 0 spiro atoms. The van der Waals surface area contributed by atoms with Gasteiger partial charge in [0.05, 0.1) is 6.21 Å². The zero-order chi connectivity index (χ0) is 8.81. The standard InChI is InChI=1S/C8H8N2O2/c11-9-6-8(10-12)7-4-2-1-3-5-7/h1-6,11-12H/b9-6-,10-8-. The van der Waals surface area contributed by atoms with Gasteiger partial charge in [-0.1, -0.05) is 40.6 Å². The number of rotatable bonds is 2. The lowest BCUT2D eigenvalue weighted by molar-refractivity contribution is 0.316. The van der Waals surface area contributed by atoms with Gasteiger partial charge in [-0.15, -0.1) is 0 Å². The van der Waals surface area contributed by atoms with Gasteiger partial charge < -0.3 is 10.4 Å². The van der Waals surface area contributed by atoms with Gasteiger partial charge in [-0.05, 0) is 0 Å². The summed E-state index contributed by atoms with van der Waals surface area (Å²) >= 11 is 0. The predicted molar refractivity (Wildman–Crippen MR) is 45.0 cm³/mol. The van der Waals surface area contributed by atoms with Crippen LogP contribution in [0.4, 0.5) is 0 Å². The fraction of sp³-hybridized carbons (Fsp3) is 0. The number of oxime groups is 2. The first-order valence-corrected chi connectivity index (χ1v) is 3.33. The second kappa shape index (κ2) is 4.12. The highest BCUT2D eigenvalue weighted by atomic mass is 16.4. The lowest BCUT2D eigenvalue weighted by atomic mass is 10.1. The quantitative estimate of drug-likeness (QED) is 0.393. The van der Waals surface area contributed by atoms with Gasteiger partial charge >= 0.3 is 0 Å². The highest BCUT2D eigenvalue weighted by Crippen LogP contribution is 1.98. The van der Waals surface area contributed by atoms with Crippen molar-refractivity contribution in [1.29, 1.82) is 0 Å². The Morgan fingerprint density at radius 1 is 1.17 bits per heavy atom. The molecule has 1 aromatic carbocycles. The van der Waals surface area contributed by atoms with E-state index in [2.05, 4.69) is 10.3 Å². The van der Waals surface area contributed by atoms with Gasteiger partial charge in [-0.25, -0.2) is 0 Å². The van der Waals surface area contributed by atoms with Gasteiger partial charge in [0.15, 0.2) is 0 Å². The van der Waals surface area contributed by atoms with Crippen molar-refractivity contribution in [2.75, 3.05) is 0 Å². The molecule has 0 saturated heterocycles. The molecule has 0 unspecified atom stereocenters. The van der Waals surface area contributed by atoms with Crippen LogP contribution in [0.2, 0.25) is 0 Å². The molecule has 12 heavy (non-hydrogen) atoms. The molecule has 1 rings (SSSR count). The highest BCUT2D eigenvalue weighted by molar-refractivity contribution is 6.37. The number of nitrogens with zero attached hydrogens (tertiary/aromatic N) is 2. The summed E-state index contributed by atoms with van der Waals surface area (Å²) in [4.78, 5) is 0. The van der Waals surface area contributed by atoms with Crippen LogP contribution in [0, 0.1) is 0 Å². The Hall–Kier alpha value is -1.84. The molecule has 0 aliphatic rings. The molecule has 0 heterocycles. The second-order valence-corrected chi connectivity index (χ2v) is 2.10. The van der Waals surface area contributed by atoms with Crippen LogP contribution in [0.5, 0.6) is 0 Å². The van der Waals surface area contributed by atoms with Crippen molar-refractivity contribution in [1.82, 2.24) is 0 Å². The lowest BCUT2D eigenvalue weighted by Gasteiger charge is -1.95. The monoisotopic (exact) mass is 164 g/mol. The Morgan fingerprint density at radius 2 is 1.83 bits per heavy atom. The van der Waals surface area contributed by atoms with Crippen LogP contribution in [0.15, 0.2) is 40.6 Å². The Morgan fingerprint density at radius 3 is 2.33 bits per heavy atom. The molecule has 4 heteroatoms. The minimum absolute atomic E-state index is 0.220. The molecule has 0 aliphatic carbocycles. The fourth-order valence-electron chi connectivity index (χ4n) is 0.822. The van der Waals surface area contributed by atoms with E-state index < -0.39 is 0 Å².